The quantitative estimate of drug-likeness (QED) is 0.351. The average Bonchev–Trinajstić information content (AvgIpc) is 2.77. The highest BCUT2D eigenvalue weighted by Crippen LogP contribution is 2.34. The van der Waals surface area contributed by atoms with Gasteiger partial charge in [-0.3, -0.25) is 9.59 Å². The number of carbonyl (C=O) groups excluding carboxylic acids is 2. The molecule has 1 rings (SSSR count). The van der Waals surface area contributed by atoms with Crippen LogP contribution in [0.15, 0.2) is 23.3 Å². The molecule has 0 saturated carbocycles. The molecule has 0 aliphatic carbocycles. The van der Waals surface area contributed by atoms with E-state index in [0.717, 1.165) is 37.9 Å². The van der Waals surface area contributed by atoms with Gasteiger partial charge in [-0.2, -0.15) is 11.8 Å². The number of hydrogen-bond donors (Lipinski definition) is 0. The zero-order valence-corrected chi connectivity index (χ0v) is 19.3. The molecule has 1 unspecified atom stereocenters. The Morgan fingerprint density at radius 2 is 2.07 bits per heavy atom. The number of thioether (sulfide) groups is 1. The summed E-state index contributed by atoms with van der Waals surface area (Å²) >= 11 is 1.79. The molecule has 0 bridgehead atoms. The lowest BCUT2D eigenvalue weighted by Gasteiger charge is -2.35. The first-order valence-electron chi connectivity index (χ1n) is 10.3. The second-order valence-electron chi connectivity index (χ2n) is 8.30. The molecular formula is C23H38O4S. The molecule has 1 aliphatic heterocycles. The minimum Gasteiger partial charge on any atom is -0.459 e. The third kappa shape index (κ3) is 8.95. The molecule has 28 heavy (non-hydrogen) atoms. The third-order valence-electron chi connectivity index (χ3n) is 5.41. The number of rotatable bonds is 10. The SMILES string of the molecule is CSC/C=C1\CC[C@@H](OC(C)=O)[C@](C)(CCCC(C)C(=O)CC=C(C)C)OC1. The van der Waals surface area contributed by atoms with Gasteiger partial charge in [0, 0.05) is 25.0 Å². The van der Waals surface area contributed by atoms with E-state index in [1.54, 1.807) is 11.8 Å². The van der Waals surface area contributed by atoms with Crippen molar-refractivity contribution in [3.8, 4) is 0 Å². The van der Waals surface area contributed by atoms with Crippen LogP contribution in [-0.2, 0) is 19.1 Å². The van der Waals surface area contributed by atoms with E-state index >= 15 is 0 Å². The van der Waals surface area contributed by atoms with Crippen molar-refractivity contribution in [2.24, 2.45) is 5.92 Å². The lowest BCUT2D eigenvalue weighted by molar-refractivity contribution is -0.167. The van der Waals surface area contributed by atoms with Crippen LogP contribution in [0.25, 0.3) is 0 Å². The Bertz CT molecular complexity index is 577. The zero-order valence-electron chi connectivity index (χ0n) is 18.5. The largest absolute Gasteiger partial charge is 0.459 e. The van der Waals surface area contributed by atoms with Crippen LogP contribution in [0.4, 0.5) is 0 Å². The molecule has 0 amide bonds. The van der Waals surface area contributed by atoms with Gasteiger partial charge in [0.2, 0.25) is 0 Å². The molecular weight excluding hydrogens is 372 g/mol. The summed E-state index contributed by atoms with van der Waals surface area (Å²) in [6.07, 6.45) is 10.7. The van der Waals surface area contributed by atoms with Gasteiger partial charge in [-0.25, -0.2) is 0 Å². The molecule has 1 aliphatic rings. The monoisotopic (exact) mass is 410 g/mol. The molecule has 4 nitrogen and oxygen atoms in total. The number of carbonyl (C=O) groups is 2. The van der Waals surface area contributed by atoms with Crippen molar-refractivity contribution in [3.05, 3.63) is 23.3 Å². The fourth-order valence-electron chi connectivity index (χ4n) is 3.45. The van der Waals surface area contributed by atoms with Gasteiger partial charge in [-0.15, -0.1) is 0 Å². The predicted molar refractivity (Wildman–Crippen MR) is 118 cm³/mol. The van der Waals surface area contributed by atoms with Gasteiger partial charge < -0.3 is 9.47 Å². The summed E-state index contributed by atoms with van der Waals surface area (Å²) in [5, 5.41) is 0. The smallest absolute Gasteiger partial charge is 0.303 e. The maximum Gasteiger partial charge on any atom is 0.303 e. The number of hydrogen-bond acceptors (Lipinski definition) is 5. The summed E-state index contributed by atoms with van der Waals surface area (Å²) in [6.45, 7) is 10.1. The molecule has 1 fully saturated rings. The Morgan fingerprint density at radius 1 is 1.36 bits per heavy atom. The maximum absolute atomic E-state index is 12.3. The lowest BCUT2D eigenvalue weighted by Crippen LogP contribution is -2.43. The van der Waals surface area contributed by atoms with Gasteiger partial charge in [-0.1, -0.05) is 24.6 Å². The number of ether oxygens (including phenoxy) is 2. The minimum atomic E-state index is -0.511. The Labute approximate surface area is 175 Å². The van der Waals surface area contributed by atoms with Crippen molar-refractivity contribution in [2.45, 2.75) is 84.8 Å². The van der Waals surface area contributed by atoms with Crippen LogP contribution in [0.1, 0.15) is 73.1 Å². The van der Waals surface area contributed by atoms with Crippen LogP contribution in [0.2, 0.25) is 0 Å². The lowest BCUT2D eigenvalue weighted by atomic mass is 9.87. The molecule has 160 valence electrons. The first kappa shape index (κ1) is 25.0. The molecule has 3 atom stereocenters. The average molecular weight is 411 g/mol. The van der Waals surface area contributed by atoms with Gasteiger partial charge in [0.05, 0.1) is 6.61 Å². The normalized spacial score (nSPS) is 25.1. The number of ketones is 1. The number of allylic oxidation sites excluding steroid dienone is 2. The second-order valence-corrected chi connectivity index (χ2v) is 9.21. The first-order valence-corrected chi connectivity index (χ1v) is 11.7. The molecule has 0 aromatic carbocycles. The van der Waals surface area contributed by atoms with Gasteiger partial charge in [0.25, 0.3) is 0 Å². The first-order chi connectivity index (χ1) is 13.2. The van der Waals surface area contributed by atoms with Crippen molar-refractivity contribution in [1.82, 2.24) is 0 Å². The summed E-state index contributed by atoms with van der Waals surface area (Å²) in [5.41, 5.74) is 1.94. The van der Waals surface area contributed by atoms with E-state index < -0.39 is 5.60 Å². The van der Waals surface area contributed by atoms with Crippen LogP contribution in [0.5, 0.6) is 0 Å². The zero-order chi connectivity index (χ0) is 21.2. The standard InChI is InChI=1S/C23H38O4S/c1-17(2)9-11-21(25)18(3)8-7-14-23(5)22(27-19(4)24)12-10-20(16-26-23)13-15-28-6/h9,13,18,22H,7-8,10-12,14-16H2,1-6H3/b20-13+/t18?,22-,23+/m1/s1. The molecule has 0 spiro atoms. The highest BCUT2D eigenvalue weighted by atomic mass is 32.2. The van der Waals surface area contributed by atoms with E-state index in [2.05, 4.69) is 12.3 Å². The van der Waals surface area contributed by atoms with Crippen LogP contribution in [0.3, 0.4) is 0 Å². The fourth-order valence-corrected chi connectivity index (χ4v) is 3.85. The van der Waals surface area contributed by atoms with Crippen molar-refractivity contribution in [2.75, 3.05) is 18.6 Å². The Balaban J connectivity index is 2.70. The summed E-state index contributed by atoms with van der Waals surface area (Å²) in [4.78, 5) is 23.9. The van der Waals surface area contributed by atoms with Crippen molar-refractivity contribution in [3.63, 3.8) is 0 Å². The van der Waals surface area contributed by atoms with Crippen molar-refractivity contribution in [1.29, 1.82) is 0 Å². The van der Waals surface area contributed by atoms with E-state index in [1.807, 2.05) is 33.8 Å². The van der Waals surface area contributed by atoms with Crippen LogP contribution >= 0.6 is 11.8 Å². The molecule has 0 aromatic heterocycles. The topological polar surface area (TPSA) is 52.6 Å². The summed E-state index contributed by atoms with van der Waals surface area (Å²) in [7, 11) is 0. The number of Topliss-reactive ketones (excluding diaryl/α,β-unsaturated/α-hetero) is 1. The highest BCUT2D eigenvalue weighted by molar-refractivity contribution is 7.98. The van der Waals surface area contributed by atoms with Crippen molar-refractivity contribution < 1.29 is 19.1 Å². The Kier molecular flexibility index (Phi) is 11.1. The fraction of sp³-hybridized carbons (Fsp3) is 0.739. The van der Waals surface area contributed by atoms with Crippen LogP contribution in [-0.4, -0.2) is 42.1 Å². The van der Waals surface area contributed by atoms with E-state index in [4.69, 9.17) is 9.47 Å². The predicted octanol–water partition coefficient (Wildman–Crippen LogP) is 5.51. The third-order valence-corrected chi connectivity index (χ3v) is 5.91. The minimum absolute atomic E-state index is 0.0363. The summed E-state index contributed by atoms with van der Waals surface area (Å²) < 4.78 is 11.9. The Hall–Kier alpha value is -1.07. The van der Waals surface area contributed by atoms with Crippen molar-refractivity contribution >= 4 is 23.5 Å². The summed E-state index contributed by atoms with van der Waals surface area (Å²) in [6, 6.07) is 0. The molecule has 1 heterocycles. The summed E-state index contributed by atoms with van der Waals surface area (Å²) in [5.74, 6) is 1.03. The maximum atomic E-state index is 12.3. The molecule has 0 aromatic rings. The molecule has 0 radical (unpaired) electrons. The van der Waals surface area contributed by atoms with Crippen LogP contribution in [0, 0.1) is 5.92 Å². The van der Waals surface area contributed by atoms with E-state index in [9.17, 15) is 9.59 Å². The van der Waals surface area contributed by atoms with Gasteiger partial charge >= 0.3 is 5.97 Å². The van der Waals surface area contributed by atoms with Gasteiger partial charge in [0.1, 0.15) is 17.5 Å². The Morgan fingerprint density at radius 3 is 2.68 bits per heavy atom. The van der Waals surface area contributed by atoms with Crippen LogP contribution < -0.4 is 0 Å². The van der Waals surface area contributed by atoms with E-state index in [0.29, 0.717) is 13.0 Å². The molecule has 0 N–H and O–H groups in total. The highest BCUT2D eigenvalue weighted by Gasteiger charge is 2.39. The molecule has 1 saturated heterocycles. The number of esters is 1. The molecule has 5 heteroatoms. The van der Waals surface area contributed by atoms with E-state index in [1.165, 1.54) is 18.1 Å². The van der Waals surface area contributed by atoms with Gasteiger partial charge in [0.15, 0.2) is 0 Å². The second kappa shape index (κ2) is 12.5. The van der Waals surface area contributed by atoms with E-state index in [-0.39, 0.29) is 23.8 Å². The van der Waals surface area contributed by atoms with Gasteiger partial charge in [-0.05, 0) is 64.7 Å².